The van der Waals surface area contributed by atoms with Crippen molar-refractivity contribution in [2.24, 2.45) is 0 Å². The van der Waals surface area contributed by atoms with Gasteiger partial charge in [0.25, 0.3) is 0 Å². The zero-order valence-corrected chi connectivity index (χ0v) is 10.6. The van der Waals surface area contributed by atoms with Crippen molar-refractivity contribution >= 4 is 28.2 Å². The van der Waals surface area contributed by atoms with Gasteiger partial charge in [0.2, 0.25) is 0 Å². The van der Waals surface area contributed by atoms with Crippen LogP contribution in [0.3, 0.4) is 0 Å². The third-order valence-corrected chi connectivity index (χ3v) is 2.82. The highest BCUT2D eigenvalue weighted by Crippen LogP contribution is 2.31. The van der Waals surface area contributed by atoms with Crippen molar-refractivity contribution < 1.29 is 4.39 Å². The Labute approximate surface area is 105 Å². The first-order valence-corrected chi connectivity index (χ1v) is 6.00. The summed E-state index contributed by atoms with van der Waals surface area (Å²) in [6.07, 6.45) is 1.02. The number of pyridine rings is 1. The van der Waals surface area contributed by atoms with E-state index < -0.39 is 0 Å². The molecule has 0 saturated carbocycles. The molecule has 0 aliphatic heterocycles. The molecule has 0 aliphatic carbocycles. The molecule has 1 N–H and O–H groups in total. The highest BCUT2D eigenvalue weighted by Gasteiger charge is 2.09. The van der Waals surface area contributed by atoms with Crippen LogP contribution in [0.1, 0.15) is 19.0 Å². The number of hydrogen-bond acceptors (Lipinski definition) is 2. The molecule has 0 amide bonds. The first-order valence-electron chi connectivity index (χ1n) is 5.62. The van der Waals surface area contributed by atoms with Crippen LogP contribution in [0.5, 0.6) is 0 Å². The Morgan fingerprint density at radius 3 is 2.82 bits per heavy atom. The first kappa shape index (κ1) is 12.1. The monoisotopic (exact) mass is 252 g/mol. The summed E-state index contributed by atoms with van der Waals surface area (Å²) in [4.78, 5) is 4.30. The van der Waals surface area contributed by atoms with E-state index in [4.69, 9.17) is 11.6 Å². The predicted molar refractivity (Wildman–Crippen MR) is 70.2 cm³/mol. The highest BCUT2D eigenvalue weighted by molar-refractivity contribution is 6.36. The number of nitrogens with one attached hydrogen (secondary N) is 1. The molecule has 0 saturated heterocycles. The van der Waals surface area contributed by atoms with E-state index in [2.05, 4.69) is 17.2 Å². The van der Waals surface area contributed by atoms with Crippen molar-refractivity contribution in [2.75, 3.05) is 11.9 Å². The smallest absolute Gasteiger partial charge is 0.126 e. The lowest BCUT2D eigenvalue weighted by atomic mass is 10.1. The normalized spacial score (nSPS) is 10.8. The van der Waals surface area contributed by atoms with Crippen molar-refractivity contribution in [1.29, 1.82) is 0 Å². The predicted octanol–water partition coefficient (Wildman–Crippen LogP) is 4.16. The summed E-state index contributed by atoms with van der Waals surface area (Å²) in [6.45, 7) is 4.83. The number of halogens is 2. The van der Waals surface area contributed by atoms with Crippen molar-refractivity contribution in [3.63, 3.8) is 0 Å². The Bertz CT molecular complexity index is 549. The Morgan fingerprint density at radius 2 is 2.12 bits per heavy atom. The molecule has 0 fully saturated rings. The van der Waals surface area contributed by atoms with Crippen LogP contribution in [0.2, 0.25) is 5.02 Å². The summed E-state index contributed by atoms with van der Waals surface area (Å²) in [6, 6.07) is 4.66. The molecule has 0 spiro atoms. The number of benzene rings is 1. The van der Waals surface area contributed by atoms with E-state index in [-0.39, 0.29) is 5.82 Å². The van der Waals surface area contributed by atoms with E-state index in [0.717, 1.165) is 29.7 Å². The van der Waals surface area contributed by atoms with E-state index in [9.17, 15) is 4.39 Å². The van der Waals surface area contributed by atoms with E-state index in [0.29, 0.717) is 10.5 Å². The average molecular weight is 253 g/mol. The van der Waals surface area contributed by atoms with Crippen LogP contribution in [0.25, 0.3) is 10.9 Å². The maximum absolute atomic E-state index is 13.3. The van der Waals surface area contributed by atoms with Crippen LogP contribution in [-0.2, 0) is 0 Å². The molecule has 1 aromatic carbocycles. The van der Waals surface area contributed by atoms with E-state index in [1.807, 2.05) is 13.0 Å². The fourth-order valence-electron chi connectivity index (χ4n) is 1.82. The summed E-state index contributed by atoms with van der Waals surface area (Å²) in [5, 5.41) is 4.47. The largest absolute Gasteiger partial charge is 0.384 e. The van der Waals surface area contributed by atoms with Gasteiger partial charge in [-0.25, -0.2) is 4.39 Å². The quantitative estimate of drug-likeness (QED) is 0.887. The molecule has 1 aromatic heterocycles. The fourth-order valence-corrected chi connectivity index (χ4v) is 2.12. The second-order valence-electron chi connectivity index (χ2n) is 4.02. The molecule has 0 atom stereocenters. The van der Waals surface area contributed by atoms with Crippen LogP contribution in [0, 0.1) is 12.7 Å². The second kappa shape index (κ2) is 4.88. The Hall–Kier alpha value is -1.35. The van der Waals surface area contributed by atoms with Gasteiger partial charge < -0.3 is 5.32 Å². The number of rotatable bonds is 3. The molecular formula is C13H14ClFN2. The summed E-state index contributed by atoms with van der Waals surface area (Å²) in [5.74, 6) is -0.359. The molecule has 2 nitrogen and oxygen atoms in total. The van der Waals surface area contributed by atoms with Gasteiger partial charge in [0, 0.05) is 29.4 Å². The van der Waals surface area contributed by atoms with E-state index >= 15 is 0 Å². The van der Waals surface area contributed by atoms with Gasteiger partial charge >= 0.3 is 0 Å². The molecule has 17 heavy (non-hydrogen) atoms. The number of anilines is 1. The number of fused-ring (bicyclic) bond motifs is 1. The van der Waals surface area contributed by atoms with Gasteiger partial charge in [0.05, 0.1) is 10.5 Å². The van der Waals surface area contributed by atoms with Gasteiger partial charge in [0.1, 0.15) is 5.82 Å². The van der Waals surface area contributed by atoms with Crippen LogP contribution < -0.4 is 5.32 Å². The molecule has 2 rings (SSSR count). The van der Waals surface area contributed by atoms with Gasteiger partial charge in [-0.2, -0.15) is 0 Å². The number of aryl methyl sites for hydroxylation is 1. The highest BCUT2D eigenvalue weighted by atomic mass is 35.5. The molecule has 0 unspecified atom stereocenters. The molecule has 0 aliphatic rings. The van der Waals surface area contributed by atoms with Crippen LogP contribution in [0.15, 0.2) is 18.2 Å². The average Bonchev–Trinajstić information content (AvgIpc) is 2.24. The zero-order valence-electron chi connectivity index (χ0n) is 9.85. The Balaban J connectivity index is 2.65. The number of nitrogens with zero attached hydrogens (tertiary/aromatic N) is 1. The van der Waals surface area contributed by atoms with Crippen LogP contribution in [-0.4, -0.2) is 11.5 Å². The minimum atomic E-state index is -0.359. The van der Waals surface area contributed by atoms with E-state index in [1.54, 1.807) is 0 Å². The topological polar surface area (TPSA) is 24.9 Å². The first-order chi connectivity index (χ1) is 8.11. The van der Waals surface area contributed by atoms with Crippen LogP contribution >= 0.6 is 11.6 Å². The lowest BCUT2D eigenvalue weighted by Crippen LogP contribution is -2.02. The molecule has 90 valence electrons. The molecule has 1 heterocycles. The van der Waals surface area contributed by atoms with Crippen molar-refractivity contribution in [2.45, 2.75) is 20.3 Å². The number of aromatic nitrogens is 1. The van der Waals surface area contributed by atoms with Crippen LogP contribution in [0.4, 0.5) is 10.1 Å². The van der Waals surface area contributed by atoms with Crippen molar-refractivity contribution in [1.82, 2.24) is 4.98 Å². The Kier molecular flexibility index (Phi) is 3.48. The standard InChI is InChI=1S/C13H14ClFN2/c1-3-4-16-11-5-8(2)17-12-7-9(15)6-10(14)13(11)12/h5-7H,3-4H2,1-2H3,(H,16,17). The number of hydrogen-bond donors (Lipinski definition) is 1. The minimum Gasteiger partial charge on any atom is -0.384 e. The molecular weight excluding hydrogens is 239 g/mol. The Morgan fingerprint density at radius 1 is 1.35 bits per heavy atom. The van der Waals surface area contributed by atoms with E-state index in [1.165, 1.54) is 12.1 Å². The minimum absolute atomic E-state index is 0.359. The summed E-state index contributed by atoms with van der Waals surface area (Å²) in [7, 11) is 0. The third kappa shape index (κ3) is 2.50. The lowest BCUT2D eigenvalue weighted by molar-refractivity contribution is 0.629. The van der Waals surface area contributed by atoms with Gasteiger partial charge in [0.15, 0.2) is 0 Å². The zero-order chi connectivity index (χ0) is 12.4. The molecule has 0 radical (unpaired) electrons. The SMILES string of the molecule is CCCNc1cc(C)nc2cc(F)cc(Cl)c12. The molecule has 4 heteroatoms. The third-order valence-electron chi connectivity index (χ3n) is 2.52. The summed E-state index contributed by atoms with van der Waals surface area (Å²) in [5.41, 5.74) is 2.35. The van der Waals surface area contributed by atoms with Gasteiger partial charge in [-0.3, -0.25) is 4.98 Å². The summed E-state index contributed by atoms with van der Waals surface area (Å²) < 4.78 is 13.3. The van der Waals surface area contributed by atoms with Crippen molar-refractivity contribution in [3.8, 4) is 0 Å². The second-order valence-corrected chi connectivity index (χ2v) is 4.43. The van der Waals surface area contributed by atoms with Gasteiger partial charge in [-0.1, -0.05) is 18.5 Å². The van der Waals surface area contributed by atoms with Crippen molar-refractivity contribution in [3.05, 3.63) is 34.7 Å². The molecule has 2 aromatic rings. The maximum atomic E-state index is 13.3. The molecule has 0 bridgehead atoms. The van der Waals surface area contributed by atoms with Gasteiger partial charge in [-0.15, -0.1) is 0 Å². The summed E-state index contributed by atoms with van der Waals surface area (Å²) >= 11 is 6.08. The fraction of sp³-hybridized carbons (Fsp3) is 0.308. The maximum Gasteiger partial charge on any atom is 0.126 e. The lowest BCUT2D eigenvalue weighted by Gasteiger charge is -2.11. The van der Waals surface area contributed by atoms with Gasteiger partial charge in [-0.05, 0) is 25.5 Å².